The van der Waals surface area contributed by atoms with E-state index in [1.54, 1.807) is 11.4 Å². The van der Waals surface area contributed by atoms with Crippen LogP contribution in [0.2, 0.25) is 0 Å². The zero-order valence-electron chi connectivity index (χ0n) is 14.0. The van der Waals surface area contributed by atoms with Gasteiger partial charge in [0.25, 0.3) is 10.0 Å². The summed E-state index contributed by atoms with van der Waals surface area (Å²) in [4.78, 5) is 23.7. The fraction of sp³-hybridized carbons (Fsp3) is 0.294. The van der Waals surface area contributed by atoms with Crippen LogP contribution in [-0.4, -0.2) is 41.8 Å². The first-order valence-corrected chi connectivity index (χ1v) is 10.3. The van der Waals surface area contributed by atoms with Crippen molar-refractivity contribution in [2.24, 2.45) is 0 Å². The molecule has 2 heterocycles. The molecule has 2 aromatic rings. The second-order valence-corrected chi connectivity index (χ2v) is 9.10. The lowest BCUT2D eigenvalue weighted by Gasteiger charge is -2.35. The molecular formula is C17H18N2O5S2. The Bertz CT molecular complexity index is 924. The molecule has 9 heteroatoms. The lowest BCUT2D eigenvalue weighted by atomic mass is 9.95. The highest BCUT2D eigenvalue weighted by Gasteiger charge is 2.40. The number of amides is 1. The molecule has 2 N–H and O–H groups in total. The van der Waals surface area contributed by atoms with Gasteiger partial charge < -0.3 is 10.4 Å². The van der Waals surface area contributed by atoms with E-state index in [2.05, 4.69) is 5.32 Å². The number of thiophene rings is 1. The Balaban J connectivity index is 1.98. The summed E-state index contributed by atoms with van der Waals surface area (Å²) >= 11 is 1.08. The molecule has 2 atom stereocenters. The minimum atomic E-state index is -3.87. The first-order chi connectivity index (χ1) is 12.3. The molecule has 0 saturated heterocycles. The van der Waals surface area contributed by atoms with Gasteiger partial charge in [-0.15, -0.1) is 11.3 Å². The molecule has 7 nitrogen and oxygen atoms in total. The molecule has 1 aromatic heterocycles. The smallest absolute Gasteiger partial charge is 0.325 e. The van der Waals surface area contributed by atoms with Gasteiger partial charge in [0.05, 0.1) is 0 Å². The van der Waals surface area contributed by atoms with Gasteiger partial charge in [-0.25, -0.2) is 8.42 Å². The Morgan fingerprint density at radius 1 is 1.23 bits per heavy atom. The van der Waals surface area contributed by atoms with Crippen LogP contribution in [-0.2, 0) is 32.6 Å². The highest BCUT2D eigenvalue weighted by atomic mass is 32.2. The number of rotatable bonds is 5. The van der Waals surface area contributed by atoms with Crippen LogP contribution in [0.1, 0.15) is 18.1 Å². The molecule has 138 valence electrons. The van der Waals surface area contributed by atoms with Crippen LogP contribution in [0.25, 0.3) is 0 Å². The number of carboxylic acid groups (broad SMARTS) is 1. The molecule has 0 saturated carbocycles. The van der Waals surface area contributed by atoms with E-state index in [-0.39, 0.29) is 17.2 Å². The molecule has 1 aliphatic heterocycles. The molecule has 0 bridgehead atoms. The van der Waals surface area contributed by atoms with Crippen molar-refractivity contribution >= 4 is 33.2 Å². The molecule has 0 aliphatic carbocycles. The summed E-state index contributed by atoms with van der Waals surface area (Å²) in [6, 6.07) is 8.36. The second kappa shape index (κ2) is 7.18. The quantitative estimate of drug-likeness (QED) is 0.799. The van der Waals surface area contributed by atoms with E-state index in [1.807, 2.05) is 24.3 Å². The standard InChI is InChI=1S/C17H18N2O5S2/c1-11(17(21)22)18-16(20)14-9-12-5-2-3-6-13(12)10-19(14)26(23,24)15-7-4-8-25-15/h2-8,11,14H,9-10H2,1H3,(H,18,20)(H,21,22). The summed E-state index contributed by atoms with van der Waals surface area (Å²) < 4.78 is 27.4. The van der Waals surface area contributed by atoms with Crippen molar-refractivity contribution < 1.29 is 23.1 Å². The van der Waals surface area contributed by atoms with Crippen LogP contribution in [0.4, 0.5) is 0 Å². The summed E-state index contributed by atoms with van der Waals surface area (Å²) in [5.41, 5.74) is 1.72. The fourth-order valence-electron chi connectivity index (χ4n) is 2.87. The average molecular weight is 394 g/mol. The summed E-state index contributed by atoms with van der Waals surface area (Å²) in [5, 5.41) is 13.1. The van der Waals surface area contributed by atoms with Gasteiger partial charge >= 0.3 is 5.97 Å². The molecule has 2 unspecified atom stereocenters. The van der Waals surface area contributed by atoms with Gasteiger partial charge in [-0.1, -0.05) is 30.3 Å². The maximum Gasteiger partial charge on any atom is 0.325 e. The van der Waals surface area contributed by atoms with E-state index >= 15 is 0 Å². The minimum absolute atomic E-state index is 0.0654. The number of aliphatic carboxylic acids is 1. The highest BCUT2D eigenvalue weighted by Crippen LogP contribution is 2.30. The monoisotopic (exact) mass is 394 g/mol. The largest absolute Gasteiger partial charge is 0.480 e. The van der Waals surface area contributed by atoms with Gasteiger partial charge in [-0.2, -0.15) is 4.31 Å². The van der Waals surface area contributed by atoms with Crippen molar-refractivity contribution in [3.8, 4) is 0 Å². The lowest BCUT2D eigenvalue weighted by Crippen LogP contribution is -2.54. The molecule has 0 spiro atoms. The maximum atomic E-state index is 13.0. The van der Waals surface area contributed by atoms with Gasteiger partial charge in [-0.05, 0) is 35.9 Å². The van der Waals surface area contributed by atoms with Crippen molar-refractivity contribution in [1.82, 2.24) is 9.62 Å². The van der Waals surface area contributed by atoms with Crippen LogP contribution in [0.5, 0.6) is 0 Å². The first-order valence-electron chi connectivity index (χ1n) is 7.96. The number of nitrogens with one attached hydrogen (secondary N) is 1. The van der Waals surface area contributed by atoms with Crippen LogP contribution >= 0.6 is 11.3 Å². The maximum absolute atomic E-state index is 13.0. The van der Waals surface area contributed by atoms with E-state index in [1.165, 1.54) is 13.0 Å². The predicted molar refractivity (Wildman–Crippen MR) is 96.2 cm³/mol. The minimum Gasteiger partial charge on any atom is -0.480 e. The average Bonchev–Trinajstić information content (AvgIpc) is 3.15. The molecule has 1 aliphatic rings. The highest BCUT2D eigenvalue weighted by molar-refractivity contribution is 7.91. The van der Waals surface area contributed by atoms with E-state index < -0.39 is 34.0 Å². The summed E-state index contributed by atoms with van der Waals surface area (Å²) in [5.74, 6) is -1.79. The summed E-state index contributed by atoms with van der Waals surface area (Å²) in [7, 11) is -3.87. The zero-order valence-corrected chi connectivity index (χ0v) is 15.6. The number of sulfonamides is 1. The Labute approximate surface area is 155 Å². The lowest BCUT2D eigenvalue weighted by molar-refractivity contribution is -0.141. The molecule has 0 fully saturated rings. The van der Waals surface area contributed by atoms with E-state index in [0.717, 1.165) is 26.8 Å². The topological polar surface area (TPSA) is 104 Å². The summed E-state index contributed by atoms with van der Waals surface area (Å²) in [6.07, 6.45) is 0.193. The van der Waals surface area contributed by atoms with Gasteiger partial charge in [0, 0.05) is 6.54 Å². The molecule has 3 rings (SSSR count). The van der Waals surface area contributed by atoms with Crippen LogP contribution in [0.15, 0.2) is 46.0 Å². The predicted octanol–water partition coefficient (Wildman–Crippen LogP) is 1.45. The van der Waals surface area contributed by atoms with Crippen molar-refractivity contribution in [3.05, 3.63) is 52.9 Å². The van der Waals surface area contributed by atoms with E-state index in [0.29, 0.717) is 0 Å². The fourth-order valence-corrected chi connectivity index (χ4v) is 5.56. The third kappa shape index (κ3) is 3.50. The number of hydrogen-bond donors (Lipinski definition) is 2. The first kappa shape index (κ1) is 18.6. The number of carboxylic acids is 1. The Kier molecular flexibility index (Phi) is 5.12. The van der Waals surface area contributed by atoms with Crippen molar-refractivity contribution in [3.63, 3.8) is 0 Å². The molecular weight excluding hydrogens is 376 g/mol. The van der Waals surface area contributed by atoms with E-state index in [9.17, 15) is 18.0 Å². The number of benzene rings is 1. The van der Waals surface area contributed by atoms with Crippen LogP contribution < -0.4 is 5.32 Å². The van der Waals surface area contributed by atoms with Crippen molar-refractivity contribution in [2.45, 2.75) is 36.2 Å². The number of hydrogen-bond acceptors (Lipinski definition) is 5. The normalized spacial score (nSPS) is 18.7. The zero-order chi connectivity index (χ0) is 18.9. The van der Waals surface area contributed by atoms with Gasteiger partial charge in [0.2, 0.25) is 5.91 Å². The Morgan fingerprint density at radius 3 is 2.54 bits per heavy atom. The van der Waals surface area contributed by atoms with E-state index in [4.69, 9.17) is 5.11 Å². The molecule has 26 heavy (non-hydrogen) atoms. The SMILES string of the molecule is CC(NC(=O)C1Cc2ccccc2CN1S(=O)(=O)c1cccs1)C(=O)O. The molecule has 1 amide bonds. The third-order valence-corrected chi connectivity index (χ3v) is 7.52. The number of nitrogens with zero attached hydrogens (tertiary/aromatic N) is 1. The van der Waals surface area contributed by atoms with Crippen molar-refractivity contribution in [2.75, 3.05) is 0 Å². The number of carbonyl (C=O) groups is 2. The number of fused-ring (bicyclic) bond motifs is 1. The van der Waals surface area contributed by atoms with Gasteiger partial charge in [0.1, 0.15) is 16.3 Å². The summed E-state index contributed by atoms with van der Waals surface area (Å²) in [6.45, 7) is 1.41. The molecule has 1 aromatic carbocycles. The third-order valence-electron chi connectivity index (χ3n) is 4.30. The molecule has 0 radical (unpaired) electrons. The second-order valence-electron chi connectivity index (χ2n) is 6.04. The van der Waals surface area contributed by atoms with Gasteiger partial charge in [-0.3, -0.25) is 9.59 Å². The van der Waals surface area contributed by atoms with Crippen molar-refractivity contribution in [1.29, 1.82) is 0 Å². The van der Waals surface area contributed by atoms with Gasteiger partial charge in [0.15, 0.2) is 0 Å². The Hall–Kier alpha value is -2.23. The van der Waals surface area contributed by atoms with Crippen LogP contribution in [0.3, 0.4) is 0 Å². The number of carbonyl (C=O) groups excluding carboxylic acids is 1. The van der Waals surface area contributed by atoms with Crippen LogP contribution in [0, 0.1) is 0 Å². The Morgan fingerprint density at radius 2 is 1.92 bits per heavy atom.